The molecular weight excluding hydrogens is 398 g/mol. The van der Waals surface area contributed by atoms with Gasteiger partial charge in [0.1, 0.15) is 0 Å². The van der Waals surface area contributed by atoms with Gasteiger partial charge >= 0.3 is 6.03 Å². The molecule has 154 valence electrons. The molecule has 1 atom stereocenters. The zero-order chi connectivity index (χ0) is 20.8. The fraction of sp³-hybridized carbons (Fsp3) is 0.286. The van der Waals surface area contributed by atoms with Gasteiger partial charge in [0.2, 0.25) is 5.95 Å². The van der Waals surface area contributed by atoms with Crippen molar-refractivity contribution in [1.29, 1.82) is 0 Å². The SMILES string of the molecule is Cc1cc(Sc2ncccn2)ccc1NC(=O)NC1CCCN(c2ncccn2)C1. The summed E-state index contributed by atoms with van der Waals surface area (Å²) in [6, 6.07) is 9.32. The number of anilines is 2. The van der Waals surface area contributed by atoms with Crippen LogP contribution in [0.15, 0.2) is 65.2 Å². The van der Waals surface area contributed by atoms with Gasteiger partial charge in [0.25, 0.3) is 0 Å². The van der Waals surface area contributed by atoms with Crippen LogP contribution < -0.4 is 15.5 Å². The number of aryl methyl sites for hydroxylation is 1. The van der Waals surface area contributed by atoms with E-state index in [1.807, 2.05) is 25.1 Å². The highest BCUT2D eigenvalue weighted by Crippen LogP contribution is 2.28. The maximum absolute atomic E-state index is 12.6. The van der Waals surface area contributed by atoms with Crippen molar-refractivity contribution < 1.29 is 4.79 Å². The summed E-state index contributed by atoms with van der Waals surface area (Å²) in [5.41, 5.74) is 1.76. The number of hydrogen-bond donors (Lipinski definition) is 2. The van der Waals surface area contributed by atoms with E-state index in [2.05, 4.69) is 35.5 Å². The van der Waals surface area contributed by atoms with Crippen molar-refractivity contribution in [2.75, 3.05) is 23.3 Å². The fourth-order valence-corrected chi connectivity index (χ4v) is 4.17. The quantitative estimate of drug-likeness (QED) is 0.609. The summed E-state index contributed by atoms with van der Waals surface area (Å²) in [4.78, 5) is 32.8. The zero-order valence-corrected chi connectivity index (χ0v) is 17.5. The van der Waals surface area contributed by atoms with Gasteiger partial charge in [-0.15, -0.1) is 0 Å². The molecule has 2 aromatic heterocycles. The zero-order valence-electron chi connectivity index (χ0n) is 16.7. The van der Waals surface area contributed by atoms with E-state index < -0.39 is 0 Å². The topological polar surface area (TPSA) is 95.9 Å². The summed E-state index contributed by atoms with van der Waals surface area (Å²) in [6.45, 7) is 3.57. The first-order valence-electron chi connectivity index (χ1n) is 9.82. The molecule has 3 aromatic rings. The van der Waals surface area contributed by atoms with Crippen molar-refractivity contribution in [3.8, 4) is 0 Å². The molecule has 1 aromatic carbocycles. The summed E-state index contributed by atoms with van der Waals surface area (Å²) >= 11 is 1.49. The Bertz CT molecular complexity index is 987. The number of piperidine rings is 1. The van der Waals surface area contributed by atoms with Crippen LogP contribution in [0, 0.1) is 6.92 Å². The summed E-state index contributed by atoms with van der Waals surface area (Å²) in [6.07, 6.45) is 8.83. The van der Waals surface area contributed by atoms with E-state index in [4.69, 9.17) is 0 Å². The summed E-state index contributed by atoms with van der Waals surface area (Å²) in [5.74, 6) is 0.704. The first-order chi connectivity index (χ1) is 14.7. The van der Waals surface area contributed by atoms with Crippen molar-refractivity contribution in [3.05, 3.63) is 60.7 Å². The molecule has 0 bridgehead atoms. The average molecular weight is 422 g/mol. The van der Waals surface area contributed by atoms with Crippen LogP contribution in [0.5, 0.6) is 0 Å². The summed E-state index contributed by atoms with van der Waals surface area (Å²) < 4.78 is 0. The number of carbonyl (C=O) groups excluding carboxylic acids is 1. The third kappa shape index (κ3) is 5.24. The van der Waals surface area contributed by atoms with Crippen LogP contribution in [0.3, 0.4) is 0 Å². The van der Waals surface area contributed by atoms with Crippen molar-refractivity contribution in [2.24, 2.45) is 0 Å². The molecule has 8 nitrogen and oxygen atoms in total. The van der Waals surface area contributed by atoms with E-state index in [9.17, 15) is 4.79 Å². The first kappa shape index (κ1) is 20.1. The Morgan fingerprint density at radius 2 is 1.83 bits per heavy atom. The molecular formula is C21H23N7OS. The summed E-state index contributed by atoms with van der Waals surface area (Å²) in [7, 11) is 0. The van der Waals surface area contributed by atoms with Gasteiger partial charge in [0.05, 0.1) is 0 Å². The smallest absolute Gasteiger partial charge is 0.319 e. The van der Waals surface area contributed by atoms with Gasteiger partial charge in [-0.25, -0.2) is 24.7 Å². The Morgan fingerprint density at radius 1 is 1.10 bits per heavy atom. The molecule has 0 aliphatic carbocycles. The van der Waals surface area contributed by atoms with Gasteiger partial charge in [0.15, 0.2) is 5.16 Å². The lowest BCUT2D eigenvalue weighted by atomic mass is 10.1. The third-order valence-electron chi connectivity index (χ3n) is 4.79. The second kappa shape index (κ2) is 9.53. The van der Waals surface area contributed by atoms with Crippen LogP contribution in [0.25, 0.3) is 0 Å². The number of urea groups is 1. The Labute approximate surface area is 179 Å². The lowest BCUT2D eigenvalue weighted by Crippen LogP contribution is -2.49. The largest absolute Gasteiger partial charge is 0.339 e. The molecule has 0 radical (unpaired) electrons. The molecule has 1 unspecified atom stereocenters. The highest BCUT2D eigenvalue weighted by atomic mass is 32.2. The second-order valence-corrected chi connectivity index (χ2v) is 8.08. The van der Waals surface area contributed by atoms with Crippen molar-refractivity contribution in [1.82, 2.24) is 25.3 Å². The molecule has 3 heterocycles. The van der Waals surface area contributed by atoms with E-state index in [1.54, 1.807) is 36.9 Å². The van der Waals surface area contributed by atoms with E-state index in [1.165, 1.54) is 11.8 Å². The molecule has 1 saturated heterocycles. The number of hydrogen-bond acceptors (Lipinski definition) is 7. The minimum atomic E-state index is -0.203. The van der Waals surface area contributed by atoms with Crippen molar-refractivity contribution in [2.45, 2.75) is 35.9 Å². The third-order valence-corrected chi connectivity index (χ3v) is 5.67. The van der Waals surface area contributed by atoms with Gasteiger partial charge < -0.3 is 15.5 Å². The molecule has 0 saturated carbocycles. The maximum Gasteiger partial charge on any atom is 0.319 e. The standard InChI is InChI=1S/C21H23N7OS/c1-15-13-17(30-21-24-10-4-11-25-21)6-7-18(15)27-20(29)26-16-5-2-12-28(14-16)19-22-8-3-9-23-19/h3-4,6-11,13,16H,2,5,12,14H2,1H3,(H2,26,27,29). The first-order valence-corrected chi connectivity index (χ1v) is 10.6. The van der Waals surface area contributed by atoms with Gasteiger partial charge in [0, 0.05) is 54.5 Å². The van der Waals surface area contributed by atoms with E-state index in [-0.39, 0.29) is 12.1 Å². The van der Waals surface area contributed by atoms with Gasteiger partial charge in [-0.1, -0.05) is 0 Å². The number of amides is 2. The minimum Gasteiger partial charge on any atom is -0.339 e. The fourth-order valence-electron chi connectivity index (χ4n) is 3.36. The molecule has 1 aliphatic heterocycles. The highest BCUT2D eigenvalue weighted by molar-refractivity contribution is 7.99. The van der Waals surface area contributed by atoms with E-state index in [0.717, 1.165) is 35.5 Å². The molecule has 1 aliphatic rings. The molecule has 30 heavy (non-hydrogen) atoms. The lowest BCUT2D eigenvalue weighted by Gasteiger charge is -2.33. The Hall–Kier alpha value is -3.20. The van der Waals surface area contributed by atoms with Gasteiger partial charge in [-0.2, -0.15) is 0 Å². The van der Waals surface area contributed by atoms with Crippen LogP contribution in [0.2, 0.25) is 0 Å². The minimum absolute atomic E-state index is 0.0490. The summed E-state index contributed by atoms with van der Waals surface area (Å²) in [5, 5.41) is 6.73. The number of carbonyl (C=O) groups is 1. The number of benzene rings is 1. The van der Waals surface area contributed by atoms with E-state index >= 15 is 0 Å². The van der Waals surface area contributed by atoms with Crippen LogP contribution >= 0.6 is 11.8 Å². The molecule has 2 N–H and O–H groups in total. The number of nitrogens with zero attached hydrogens (tertiary/aromatic N) is 5. The Kier molecular flexibility index (Phi) is 6.38. The number of rotatable bonds is 5. The van der Waals surface area contributed by atoms with E-state index in [0.29, 0.717) is 17.6 Å². The molecule has 1 fully saturated rings. The molecule has 4 rings (SSSR count). The Morgan fingerprint density at radius 3 is 2.57 bits per heavy atom. The Balaban J connectivity index is 1.33. The van der Waals surface area contributed by atoms with Crippen LogP contribution in [-0.4, -0.2) is 45.1 Å². The van der Waals surface area contributed by atoms with Crippen LogP contribution in [0.4, 0.5) is 16.4 Å². The lowest BCUT2D eigenvalue weighted by molar-refractivity contribution is 0.246. The molecule has 9 heteroatoms. The molecule has 2 amide bonds. The van der Waals surface area contributed by atoms with Crippen molar-refractivity contribution in [3.63, 3.8) is 0 Å². The monoisotopic (exact) mass is 421 g/mol. The van der Waals surface area contributed by atoms with Gasteiger partial charge in [-0.05, 0) is 67.4 Å². The normalized spacial score (nSPS) is 16.2. The highest BCUT2D eigenvalue weighted by Gasteiger charge is 2.23. The van der Waals surface area contributed by atoms with Crippen molar-refractivity contribution >= 4 is 29.4 Å². The molecule has 0 spiro atoms. The maximum atomic E-state index is 12.6. The second-order valence-electron chi connectivity index (χ2n) is 7.04. The predicted molar refractivity (Wildman–Crippen MR) is 117 cm³/mol. The average Bonchev–Trinajstić information content (AvgIpc) is 2.77. The number of nitrogens with one attached hydrogen (secondary N) is 2. The van der Waals surface area contributed by atoms with Gasteiger partial charge in [-0.3, -0.25) is 0 Å². The predicted octanol–water partition coefficient (Wildman–Crippen LogP) is 3.52. The van der Waals surface area contributed by atoms with Crippen LogP contribution in [-0.2, 0) is 0 Å². The van der Waals surface area contributed by atoms with Crippen LogP contribution in [0.1, 0.15) is 18.4 Å². The number of aromatic nitrogens is 4.